The van der Waals surface area contributed by atoms with Gasteiger partial charge < -0.3 is 10.2 Å². The van der Waals surface area contributed by atoms with Gasteiger partial charge in [0.2, 0.25) is 5.82 Å². The minimum absolute atomic E-state index is 0.201. The average molecular weight is 399 g/mol. The van der Waals surface area contributed by atoms with Crippen molar-refractivity contribution in [1.29, 1.82) is 0 Å². The molecule has 2 amide bonds. The maximum atomic E-state index is 12.9. The molecule has 1 aromatic carbocycles. The number of imidazole rings is 1. The normalized spacial score (nSPS) is 10.9. The summed E-state index contributed by atoms with van der Waals surface area (Å²) in [6.07, 6.45) is 3.64. The first-order valence-electron chi connectivity index (χ1n) is 9.22. The number of unbranched alkanes of at least 4 members (excludes halogenated alkanes) is 1. The third-order valence-electron chi connectivity index (χ3n) is 4.60. The number of pyridine rings is 1. The van der Waals surface area contributed by atoms with Crippen molar-refractivity contribution in [2.75, 3.05) is 18.9 Å². The molecule has 0 aliphatic rings. The van der Waals surface area contributed by atoms with Crippen molar-refractivity contribution >= 4 is 34.6 Å². The van der Waals surface area contributed by atoms with Gasteiger partial charge in [0.05, 0.1) is 5.52 Å². The van der Waals surface area contributed by atoms with E-state index < -0.39 is 0 Å². The van der Waals surface area contributed by atoms with Crippen LogP contribution in [0.25, 0.3) is 5.52 Å². The highest BCUT2D eigenvalue weighted by molar-refractivity contribution is 6.31. The molecule has 2 heterocycles. The predicted octanol–water partition coefficient (Wildman–Crippen LogP) is 4.42. The van der Waals surface area contributed by atoms with E-state index in [-0.39, 0.29) is 23.3 Å². The third kappa shape index (κ3) is 4.02. The summed E-state index contributed by atoms with van der Waals surface area (Å²) in [6.45, 7) is 4.60. The zero-order chi connectivity index (χ0) is 20.3. The molecule has 3 rings (SSSR count). The molecule has 6 nitrogen and oxygen atoms in total. The summed E-state index contributed by atoms with van der Waals surface area (Å²) in [4.78, 5) is 31.8. The number of nitrogens with zero attached hydrogens (tertiary/aromatic N) is 3. The number of anilines is 1. The SMILES string of the molecule is CCCCN(C)C(=O)c1nc(C(=O)Nc2cc(Cl)ccc2C)c2ccccn12. The van der Waals surface area contributed by atoms with Gasteiger partial charge in [-0.2, -0.15) is 0 Å². The fourth-order valence-electron chi connectivity index (χ4n) is 2.93. The van der Waals surface area contributed by atoms with Crippen LogP contribution in [0.5, 0.6) is 0 Å². The summed E-state index contributed by atoms with van der Waals surface area (Å²) in [5.74, 6) is -0.376. The molecule has 0 fully saturated rings. The molecule has 0 spiro atoms. The highest BCUT2D eigenvalue weighted by atomic mass is 35.5. The third-order valence-corrected chi connectivity index (χ3v) is 4.83. The van der Waals surface area contributed by atoms with Gasteiger partial charge in [-0.15, -0.1) is 0 Å². The number of hydrogen-bond donors (Lipinski definition) is 1. The molecule has 3 aromatic rings. The van der Waals surface area contributed by atoms with E-state index in [4.69, 9.17) is 11.6 Å². The number of carbonyl (C=O) groups is 2. The van der Waals surface area contributed by atoms with Gasteiger partial charge in [-0.3, -0.25) is 14.0 Å². The molecule has 0 unspecified atom stereocenters. The number of amides is 2. The van der Waals surface area contributed by atoms with Crippen LogP contribution in [0.15, 0.2) is 42.6 Å². The summed E-state index contributed by atoms with van der Waals surface area (Å²) in [6, 6.07) is 10.7. The van der Waals surface area contributed by atoms with Crippen LogP contribution in [-0.4, -0.2) is 39.7 Å². The van der Waals surface area contributed by atoms with Gasteiger partial charge in [0.1, 0.15) is 0 Å². The van der Waals surface area contributed by atoms with E-state index in [1.54, 1.807) is 46.8 Å². The van der Waals surface area contributed by atoms with E-state index in [1.165, 1.54) is 0 Å². The number of nitrogens with one attached hydrogen (secondary N) is 1. The quantitative estimate of drug-likeness (QED) is 0.668. The van der Waals surface area contributed by atoms with Gasteiger partial charge in [-0.25, -0.2) is 4.98 Å². The van der Waals surface area contributed by atoms with E-state index in [0.29, 0.717) is 22.8 Å². The van der Waals surface area contributed by atoms with Gasteiger partial charge in [0, 0.05) is 30.5 Å². The Hall–Kier alpha value is -2.86. The molecule has 0 aliphatic carbocycles. The lowest BCUT2D eigenvalue weighted by Crippen LogP contribution is -2.29. The van der Waals surface area contributed by atoms with Crippen molar-refractivity contribution in [2.24, 2.45) is 0 Å². The number of halogens is 1. The number of aryl methyl sites for hydroxylation is 1. The highest BCUT2D eigenvalue weighted by Crippen LogP contribution is 2.22. The summed E-state index contributed by atoms with van der Waals surface area (Å²) < 4.78 is 1.66. The van der Waals surface area contributed by atoms with Crippen molar-refractivity contribution < 1.29 is 9.59 Å². The van der Waals surface area contributed by atoms with Crippen LogP contribution in [0.1, 0.15) is 46.4 Å². The van der Waals surface area contributed by atoms with Gasteiger partial charge in [-0.05, 0) is 43.2 Å². The Morgan fingerprint density at radius 1 is 1.25 bits per heavy atom. The summed E-state index contributed by atoms with van der Waals surface area (Å²) in [7, 11) is 1.75. The van der Waals surface area contributed by atoms with Crippen LogP contribution in [0.3, 0.4) is 0 Å². The molecule has 2 aromatic heterocycles. The standard InChI is InChI=1S/C21H23ClN4O2/c1-4-5-11-25(3)21(28)19-24-18(17-8-6-7-12-26(17)19)20(27)23-16-13-15(22)10-9-14(16)2/h6-10,12-13H,4-5,11H2,1-3H3,(H,23,27). The molecule has 0 atom stereocenters. The minimum atomic E-state index is -0.385. The lowest BCUT2D eigenvalue weighted by Gasteiger charge is -2.15. The summed E-state index contributed by atoms with van der Waals surface area (Å²) >= 11 is 6.04. The van der Waals surface area contributed by atoms with Crippen molar-refractivity contribution in [3.8, 4) is 0 Å². The first-order valence-corrected chi connectivity index (χ1v) is 9.60. The second-order valence-electron chi connectivity index (χ2n) is 6.73. The lowest BCUT2D eigenvalue weighted by atomic mass is 10.2. The van der Waals surface area contributed by atoms with Crippen molar-refractivity contribution in [3.05, 3.63) is 64.7 Å². The fraction of sp³-hybridized carbons (Fsp3) is 0.286. The summed E-state index contributed by atoms with van der Waals surface area (Å²) in [5, 5.41) is 3.38. The molecular formula is C21H23ClN4O2. The Morgan fingerprint density at radius 2 is 2.04 bits per heavy atom. The zero-order valence-electron chi connectivity index (χ0n) is 16.2. The van der Waals surface area contributed by atoms with Crippen LogP contribution in [0, 0.1) is 6.92 Å². The molecule has 146 valence electrons. The van der Waals surface area contributed by atoms with E-state index >= 15 is 0 Å². The Kier molecular flexibility index (Phi) is 5.99. The molecule has 0 saturated heterocycles. The smallest absolute Gasteiger partial charge is 0.289 e. The molecule has 0 radical (unpaired) electrons. The van der Waals surface area contributed by atoms with E-state index in [9.17, 15) is 9.59 Å². The first-order chi connectivity index (χ1) is 13.4. The maximum absolute atomic E-state index is 12.9. The zero-order valence-corrected chi connectivity index (χ0v) is 17.0. The van der Waals surface area contributed by atoms with Crippen LogP contribution in [0.4, 0.5) is 5.69 Å². The van der Waals surface area contributed by atoms with Gasteiger partial charge >= 0.3 is 0 Å². The molecule has 28 heavy (non-hydrogen) atoms. The number of benzene rings is 1. The average Bonchev–Trinajstić information content (AvgIpc) is 3.08. The topological polar surface area (TPSA) is 66.7 Å². The van der Waals surface area contributed by atoms with Gasteiger partial charge in [0.15, 0.2) is 5.69 Å². The second kappa shape index (κ2) is 8.44. The molecule has 0 aliphatic heterocycles. The van der Waals surface area contributed by atoms with Crippen LogP contribution in [-0.2, 0) is 0 Å². The van der Waals surface area contributed by atoms with Gasteiger partial charge in [0.25, 0.3) is 11.8 Å². The van der Waals surface area contributed by atoms with E-state index in [1.807, 2.05) is 19.1 Å². The number of carbonyl (C=O) groups excluding carboxylic acids is 2. The largest absolute Gasteiger partial charge is 0.339 e. The van der Waals surface area contributed by atoms with Crippen LogP contribution >= 0.6 is 11.6 Å². The first kappa shape index (κ1) is 19.9. The molecule has 0 saturated carbocycles. The maximum Gasteiger partial charge on any atom is 0.289 e. The van der Waals surface area contributed by atoms with Crippen LogP contribution < -0.4 is 5.32 Å². The Labute approximate surface area is 169 Å². The summed E-state index contributed by atoms with van der Waals surface area (Å²) in [5.41, 5.74) is 2.28. The molecule has 1 N–H and O–H groups in total. The monoisotopic (exact) mass is 398 g/mol. The van der Waals surface area contributed by atoms with E-state index in [2.05, 4.69) is 17.2 Å². The second-order valence-corrected chi connectivity index (χ2v) is 7.17. The number of fused-ring (bicyclic) bond motifs is 1. The Bertz CT molecular complexity index is 1030. The highest BCUT2D eigenvalue weighted by Gasteiger charge is 2.23. The Morgan fingerprint density at radius 3 is 2.79 bits per heavy atom. The number of rotatable bonds is 6. The number of hydrogen-bond acceptors (Lipinski definition) is 3. The van der Waals surface area contributed by atoms with Crippen LogP contribution in [0.2, 0.25) is 5.02 Å². The molecular weight excluding hydrogens is 376 g/mol. The molecule has 0 bridgehead atoms. The van der Waals surface area contributed by atoms with Crippen molar-refractivity contribution in [1.82, 2.24) is 14.3 Å². The van der Waals surface area contributed by atoms with Crippen molar-refractivity contribution in [2.45, 2.75) is 26.7 Å². The van der Waals surface area contributed by atoms with Gasteiger partial charge in [-0.1, -0.05) is 37.1 Å². The van der Waals surface area contributed by atoms with E-state index in [0.717, 1.165) is 18.4 Å². The minimum Gasteiger partial charge on any atom is -0.339 e. The lowest BCUT2D eigenvalue weighted by molar-refractivity contribution is 0.0780. The Balaban J connectivity index is 1.97. The molecule has 7 heteroatoms. The number of aromatic nitrogens is 2. The predicted molar refractivity (Wildman–Crippen MR) is 111 cm³/mol. The van der Waals surface area contributed by atoms with Crippen molar-refractivity contribution in [3.63, 3.8) is 0 Å². The fourth-order valence-corrected chi connectivity index (χ4v) is 3.11.